The van der Waals surface area contributed by atoms with Gasteiger partial charge in [0.05, 0.1) is 12.2 Å². The molecular formula is C38H51FN2O4. The van der Waals surface area contributed by atoms with E-state index < -0.39 is 5.97 Å². The van der Waals surface area contributed by atoms with E-state index in [0.717, 1.165) is 94.7 Å². The van der Waals surface area contributed by atoms with Crippen molar-refractivity contribution in [1.82, 2.24) is 4.90 Å². The van der Waals surface area contributed by atoms with Crippen molar-refractivity contribution in [2.45, 2.75) is 72.1 Å². The number of hydrogen-bond donors (Lipinski definition) is 1. The van der Waals surface area contributed by atoms with Crippen LogP contribution in [-0.4, -0.2) is 61.1 Å². The number of carbonyl (C=O) groups is 2. The molecule has 0 spiro atoms. The van der Waals surface area contributed by atoms with E-state index in [-0.39, 0.29) is 11.6 Å². The zero-order chi connectivity index (χ0) is 32.4. The normalized spacial score (nSPS) is 13.9. The maximum absolute atomic E-state index is 13.2. The lowest BCUT2D eigenvalue weighted by atomic mass is 9.88. The Hall–Kier alpha value is -3.71. The quantitative estimate of drug-likeness (QED) is 0.154. The number of carboxylic acids is 1. The molecule has 0 bridgehead atoms. The van der Waals surface area contributed by atoms with Crippen LogP contribution in [0.25, 0.3) is 0 Å². The number of piperazine rings is 1. The van der Waals surface area contributed by atoms with Crippen LogP contribution in [0, 0.1) is 11.7 Å². The van der Waals surface area contributed by atoms with Gasteiger partial charge in [-0.25, -0.2) is 9.18 Å². The average Bonchev–Trinajstić information content (AvgIpc) is 3.06. The molecule has 1 aliphatic rings. The van der Waals surface area contributed by atoms with Crippen molar-refractivity contribution >= 4 is 17.4 Å². The molecule has 0 aromatic heterocycles. The standard InChI is InChI=1S/C36H45FN2O4.C2H6/c1-28(40)7-2-3-8-29(27-30-12-15-32(16-13-30)36(41)42)11-14-31-9-4-5-10-35(31)43-26-6-21-38-22-24-39(25-23-38)34-19-17-33(37)18-20-34;1-2/h4-5,9-10,12-13,15-20,29H,2-3,6-8,11,14,21-27H2,1H3,(H,41,42);1-2H3/t29-;/m0./s1. The van der Waals surface area contributed by atoms with E-state index in [0.29, 0.717) is 24.5 Å². The molecule has 1 aliphatic heterocycles. The molecule has 244 valence electrons. The van der Waals surface area contributed by atoms with Crippen LogP contribution in [-0.2, 0) is 17.6 Å². The highest BCUT2D eigenvalue weighted by Gasteiger charge is 2.17. The number of aromatic carboxylic acids is 1. The molecule has 0 saturated carbocycles. The van der Waals surface area contributed by atoms with E-state index >= 15 is 0 Å². The number of nitrogens with zero attached hydrogens (tertiary/aromatic N) is 2. The number of ether oxygens (including phenoxy) is 1. The number of aryl methyl sites for hydroxylation is 1. The highest BCUT2D eigenvalue weighted by molar-refractivity contribution is 5.87. The molecule has 6 nitrogen and oxygen atoms in total. The van der Waals surface area contributed by atoms with Gasteiger partial charge in [-0.3, -0.25) is 4.90 Å². The molecule has 0 unspecified atom stereocenters. The Labute approximate surface area is 269 Å². The van der Waals surface area contributed by atoms with Crippen molar-refractivity contribution in [3.63, 3.8) is 0 Å². The van der Waals surface area contributed by atoms with Crippen molar-refractivity contribution in [3.05, 3.63) is 95.3 Å². The molecule has 0 aliphatic carbocycles. The number of para-hydroxylation sites is 1. The summed E-state index contributed by atoms with van der Waals surface area (Å²) in [7, 11) is 0. The van der Waals surface area contributed by atoms with E-state index in [9.17, 15) is 19.1 Å². The largest absolute Gasteiger partial charge is 0.493 e. The second kappa shape index (κ2) is 19.6. The summed E-state index contributed by atoms with van der Waals surface area (Å²) in [6, 6.07) is 22.3. The molecule has 1 heterocycles. The zero-order valence-corrected chi connectivity index (χ0v) is 27.3. The molecule has 45 heavy (non-hydrogen) atoms. The van der Waals surface area contributed by atoms with E-state index in [1.165, 1.54) is 17.7 Å². The Morgan fingerprint density at radius 3 is 2.22 bits per heavy atom. The summed E-state index contributed by atoms with van der Waals surface area (Å²) in [6.07, 6.45) is 7.32. The first-order valence-corrected chi connectivity index (χ1v) is 16.6. The van der Waals surface area contributed by atoms with E-state index in [2.05, 4.69) is 28.0 Å². The van der Waals surface area contributed by atoms with E-state index in [4.69, 9.17) is 4.74 Å². The molecule has 1 fully saturated rings. The summed E-state index contributed by atoms with van der Waals surface area (Å²) in [5.74, 6) is 0.510. The second-order valence-corrected chi connectivity index (χ2v) is 11.7. The number of Topliss-reactive ketones (excluding diaryl/α,β-unsaturated/α-hetero) is 1. The van der Waals surface area contributed by atoms with Gasteiger partial charge >= 0.3 is 5.97 Å². The Morgan fingerprint density at radius 2 is 1.56 bits per heavy atom. The average molecular weight is 619 g/mol. The first-order valence-electron chi connectivity index (χ1n) is 16.6. The number of rotatable bonds is 17. The fourth-order valence-electron chi connectivity index (χ4n) is 5.83. The SMILES string of the molecule is CC.CC(=O)CCCC[C@@H](CCc1ccccc1OCCCN1CCN(c2ccc(F)cc2)CC1)Cc1ccc(C(=O)O)cc1. The van der Waals surface area contributed by atoms with Crippen LogP contribution < -0.4 is 9.64 Å². The van der Waals surface area contributed by atoms with Gasteiger partial charge in [0.25, 0.3) is 0 Å². The first-order chi connectivity index (χ1) is 21.9. The van der Waals surface area contributed by atoms with Gasteiger partial charge in [-0.05, 0) is 98.5 Å². The Kier molecular flexibility index (Phi) is 15.6. The molecule has 7 heteroatoms. The Bertz CT molecular complexity index is 1290. The van der Waals surface area contributed by atoms with Crippen LogP contribution in [0.4, 0.5) is 10.1 Å². The van der Waals surface area contributed by atoms with Crippen molar-refractivity contribution in [3.8, 4) is 5.75 Å². The summed E-state index contributed by atoms with van der Waals surface area (Å²) >= 11 is 0. The third-order valence-corrected chi connectivity index (χ3v) is 8.35. The summed E-state index contributed by atoms with van der Waals surface area (Å²) in [4.78, 5) is 27.4. The highest BCUT2D eigenvalue weighted by Crippen LogP contribution is 2.26. The number of benzene rings is 3. The lowest BCUT2D eigenvalue weighted by Gasteiger charge is -2.36. The molecule has 3 aromatic carbocycles. The van der Waals surface area contributed by atoms with Crippen molar-refractivity contribution in [2.75, 3.05) is 44.2 Å². The summed E-state index contributed by atoms with van der Waals surface area (Å²) < 4.78 is 19.5. The van der Waals surface area contributed by atoms with Crippen molar-refractivity contribution in [1.29, 1.82) is 0 Å². The number of anilines is 1. The van der Waals surface area contributed by atoms with Gasteiger partial charge in [0.15, 0.2) is 0 Å². The maximum atomic E-state index is 13.2. The van der Waals surface area contributed by atoms with Gasteiger partial charge in [0.2, 0.25) is 0 Å². The fourth-order valence-corrected chi connectivity index (χ4v) is 5.83. The number of carboxylic acid groups (broad SMARTS) is 1. The monoisotopic (exact) mass is 618 g/mol. The molecule has 3 aromatic rings. The lowest BCUT2D eigenvalue weighted by molar-refractivity contribution is -0.117. The molecule has 0 radical (unpaired) electrons. The number of unbranched alkanes of at least 4 members (excludes halogenated alkanes) is 1. The molecule has 1 saturated heterocycles. The predicted molar refractivity (Wildman–Crippen MR) is 181 cm³/mol. The molecule has 0 amide bonds. The molecule has 1 atom stereocenters. The smallest absolute Gasteiger partial charge is 0.335 e. The van der Waals surface area contributed by atoms with Crippen molar-refractivity contribution < 1.29 is 23.8 Å². The van der Waals surface area contributed by atoms with Gasteiger partial charge in [-0.1, -0.05) is 57.0 Å². The minimum absolute atomic E-state index is 0.199. The van der Waals surface area contributed by atoms with E-state index in [1.54, 1.807) is 19.1 Å². The van der Waals surface area contributed by atoms with Gasteiger partial charge in [0.1, 0.15) is 17.3 Å². The number of hydrogen-bond acceptors (Lipinski definition) is 5. The first kappa shape index (κ1) is 35.8. The lowest BCUT2D eigenvalue weighted by Crippen LogP contribution is -2.46. The number of ketones is 1. The third-order valence-electron chi connectivity index (χ3n) is 8.35. The van der Waals surface area contributed by atoms with Crippen LogP contribution in [0.1, 0.15) is 80.8 Å². The Morgan fingerprint density at radius 1 is 0.867 bits per heavy atom. The van der Waals surface area contributed by atoms with Gasteiger partial charge < -0.3 is 19.5 Å². The Balaban J connectivity index is 0.00000271. The minimum Gasteiger partial charge on any atom is -0.493 e. The second-order valence-electron chi connectivity index (χ2n) is 11.7. The summed E-state index contributed by atoms with van der Waals surface area (Å²) in [6.45, 7) is 11.2. The van der Waals surface area contributed by atoms with Gasteiger partial charge in [-0.15, -0.1) is 0 Å². The summed E-state index contributed by atoms with van der Waals surface area (Å²) in [5.41, 5.74) is 3.74. The van der Waals surface area contributed by atoms with Crippen LogP contribution >= 0.6 is 0 Å². The molecule has 4 rings (SSSR count). The van der Waals surface area contributed by atoms with Crippen LogP contribution in [0.2, 0.25) is 0 Å². The topological polar surface area (TPSA) is 70.1 Å². The van der Waals surface area contributed by atoms with Crippen LogP contribution in [0.5, 0.6) is 5.75 Å². The van der Waals surface area contributed by atoms with Crippen LogP contribution in [0.3, 0.4) is 0 Å². The minimum atomic E-state index is -0.909. The predicted octanol–water partition coefficient (Wildman–Crippen LogP) is 8.08. The maximum Gasteiger partial charge on any atom is 0.335 e. The summed E-state index contributed by atoms with van der Waals surface area (Å²) in [5, 5.41) is 9.23. The van der Waals surface area contributed by atoms with Crippen LogP contribution in [0.15, 0.2) is 72.8 Å². The van der Waals surface area contributed by atoms with Gasteiger partial charge in [0, 0.05) is 44.8 Å². The zero-order valence-electron chi connectivity index (χ0n) is 27.3. The molecule has 1 N–H and O–H groups in total. The number of halogens is 1. The third kappa shape index (κ3) is 12.7. The number of carbonyl (C=O) groups excluding carboxylic acids is 1. The fraction of sp³-hybridized carbons (Fsp3) is 0.474. The molecular weight excluding hydrogens is 567 g/mol. The van der Waals surface area contributed by atoms with E-state index in [1.807, 2.05) is 44.2 Å². The highest BCUT2D eigenvalue weighted by atomic mass is 19.1. The van der Waals surface area contributed by atoms with Gasteiger partial charge in [-0.2, -0.15) is 0 Å². The van der Waals surface area contributed by atoms with Crippen molar-refractivity contribution in [2.24, 2.45) is 5.92 Å².